The predicted molar refractivity (Wildman–Crippen MR) is 91.1 cm³/mol. The summed E-state index contributed by atoms with van der Waals surface area (Å²) in [7, 11) is 0. The Hall–Kier alpha value is -1.96. The molecule has 25 heavy (non-hydrogen) atoms. The molecule has 5 atom stereocenters. The highest BCUT2D eigenvalue weighted by molar-refractivity contribution is 6.03. The minimum absolute atomic E-state index is 0.0505. The van der Waals surface area contributed by atoms with E-state index in [0.717, 1.165) is 0 Å². The van der Waals surface area contributed by atoms with Crippen LogP contribution in [0.2, 0.25) is 0 Å². The zero-order valence-corrected chi connectivity index (χ0v) is 15.5. The van der Waals surface area contributed by atoms with E-state index >= 15 is 0 Å². The van der Waals surface area contributed by atoms with Crippen LogP contribution in [-0.2, 0) is 23.9 Å². The molecule has 4 N–H and O–H groups in total. The van der Waals surface area contributed by atoms with E-state index in [-0.39, 0.29) is 18.3 Å². The van der Waals surface area contributed by atoms with Crippen LogP contribution in [0.1, 0.15) is 47.5 Å². The standard InChI is InChI=1S/C17H30N2O6/c1-6-10(4)14(19-8-20)12(21)7-13(22)25-16(9(2)3)15(23)11(5)17(18)24/h8-12,14,16,21H,6-7H2,1-5H3,(H2,18,24)(H,19,20)/t10-,11-,12-,14+,16?/m0/s1. The molecule has 0 saturated heterocycles. The Morgan fingerprint density at radius 2 is 1.76 bits per heavy atom. The van der Waals surface area contributed by atoms with Crippen LogP contribution in [0, 0.1) is 17.8 Å². The molecule has 0 radical (unpaired) electrons. The summed E-state index contributed by atoms with van der Waals surface area (Å²) in [6.45, 7) is 8.44. The summed E-state index contributed by atoms with van der Waals surface area (Å²) in [4.78, 5) is 46.2. The number of primary amides is 1. The number of amides is 2. The average Bonchev–Trinajstić information content (AvgIpc) is 2.54. The summed E-state index contributed by atoms with van der Waals surface area (Å²) in [5.74, 6) is -3.63. The fraction of sp³-hybridized carbons (Fsp3) is 0.765. The van der Waals surface area contributed by atoms with Crippen molar-refractivity contribution in [1.82, 2.24) is 5.32 Å². The molecule has 1 unspecified atom stereocenters. The van der Waals surface area contributed by atoms with Crippen LogP contribution in [0.15, 0.2) is 0 Å². The predicted octanol–water partition coefficient (Wildman–Crippen LogP) is 0.156. The van der Waals surface area contributed by atoms with E-state index in [9.17, 15) is 24.3 Å². The molecule has 0 saturated carbocycles. The molecule has 0 aromatic carbocycles. The SMILES string of the molecule is CC[C@H](C)[C@@H](NC=O)[C@@H](O)CC(=O)OC(C(=O)[C@H](C)C(N)=O)C(C)C. The van der Waals surface area contributed by atoms with E-state index in [1.54, 1.807) is 13.8 Å². The highest BCUT2D eigenvalue weighted by atomic mass is 16.5. The van der Waals surface area contributed by atoms with Crippen molar-refractivity contribution in [3.8, 4) is 0 Å². The van der Waals surface area contributed by atoms with Crippen LogP contribution in [0.3, 0.4) is 0 Å². The number of hydrogen-bond donors (Lipinski definition) is 3. The van der Waals surface area contributed by atoms with Crippen molar-refractivity contribution < 1.29 is 29.0 Å². The Bertz CT molecular complexity index is 480. The third kappa shape index (κ3) is 7.21. The molecule has 8 heteroatoms. The molecule has 8 nitrogen and oxygen atoms in total. The minimum Gasteiger partial charge on any atom is -0.454 e. The maximum Gasteiger partial charge on any atom is 0.309 e. The highest BCUT2D eigenvalue weighted by Gasteiger charge is 2.34. The van der Waals surface area contributed by atoms with Gasteiger partial charge in [0.15, 0.2) is 11.9 Å². The molecule has 0 heterocycles. The summed E-state index contributed by atoms with van der Waals surface area (Å²) < 4.78 is 5.19. The Kier molecular flexibility index (Phi) is 9.96. The number of hydrogen-bond acceptors (Lipinski definition) is 6. The maximum absolute atomic E-state index is 12.2. The number of ketones is 1. The van der Waals surface area contributed by atoms with Crippen LogP contribution < -0.4 is 11.1 Å². The molecule has 0 fully saturated rings. The lowest BCUT2D eigenvalue weighted by Gasteiger charge is -2.28. The fourth-order valence-electron chi connectivity index (χ4n) is 2.38. The Balaban J connectivity index is 4.99. The summed E-state index contributed by atoms with van der Waals surface area (Å²) in [5, 5.41) is 12.7. The number of carbonyl (C=O) groups excluding carboxylic acids is 4. The van der Waals surface area contributed by atoms with Crippen LogP contribution in [0.4, 0.5) is 0 Å². The monoisotopic (exact) mass is 358 g/mol. The van der Waals surface area contributed by atoms with E-state index in [1.807, 2.05) is 13.8 Å². The number of ether oxygens (including phenoxy) is 1. The molecule has 0 aliphatic carbocycles. The van der Waals surface area contributed by atoms with Gasteiger partial charge >= 0.3 is 5.97 Å². The molecule has 144 valence electrons. The van der Waals surface area contributed by atoms with Gasteiger partial charge in [0.25, 0.3) is 0 Å². The highest BCUT2D eigenvalue weighted by Crippen LogP contribution is 2.17. The maximum atomic E-state index is 12.2. The van der Waals surface area contributed by atoms with Crippen molar-refractivity contribution in [2.24, 2.45) is 23.5 Å². The lowest BCUT2D eigenvalue weighted by atomic mass is 9.92. The lowest BCUT2D eigenvalue weighted by molar-refractivity contribution is -0.162. The number of esters is 1. The van der Waals surface area contributed by atoms with Crippen LogP contribution in [-0.4, -0.2) is 47.4 Å². The average molecular weight is 358 g/mol. The van der Waals surface area contributed by atoms with Gasteiger partial charge in [-0.2, -0.15) is 0 Å². The minimum atomic E-state index is -1.15. The molecule has 0 spiro atoms. The summed E-state index contributed by atoms with van der Waals surface area (Å²) in [6.07, 6.45) is -1.48. The first-order chi connectivity index (χ1) is 11.6. The number of carbonyl (C=O) groups is 4. The van der Waals surface area contributed by atoms with E-state index in [1.165, 1.54) is 6.92 Å². The van der Waals surface area contributed by atoms with Gasteiger partial charge in [-0.1, -0.05) is 34.1 Å². The smallest absolute Gasteiger partial charge is 0.309 e. The second-order valence-corrected chi connectivity index (χ2v) is 6.65. The number of nitrogens with two attached hydrogens (primary N) is 1. The third-order valence-electron chi connectivity index (χ3n) is 4.31. The quantitative estimate of drug-likeness (QED) is 0.258. The lowest BCUT2D eigenvalue weighted by Crippen LogP contribution is -2.46. The normalized spacial score (nSPS) is 17.1. The zero-order chi connectivity index (χ0) is 19.7. The zero-order valence-electron chi connectivity index (χ0n) is 15.5. The van der Waals surface area contributed by atoms with Crippen molar-refractivity contribution in [3.63, 3.8) is 0 Å². The van der Waals surface area contributed by atoms with Crippen LogP contribution in [0.25, 0.3) is 0 Å². The van der Waals surface area contributed by atoms with Crippen molar-refractivity contribution in [1.29, 1.82) is 0 Å². The van der Waals surface area contributed by atoms with Crippen molar-refractivity contribution >= 4 is 24.1 Å². The van der Waals surface area contributed by atoms with Gasteiger partial charge < -0.3 is 20.9 Å². The Morgan fingerprint density at radius 3 is 2.16 bits per heavy atom. The van der Waals surface area contributed by atoms with Gasteiger partial charge in [0, 0.05) is 0 Å². The largest absolute Gasteiger partial charge is 0.454 e. The molecule has 0 aliphatic heterocycles. The second-order valence-electron chi connectivity index (χ2n) is 6.65. The number of aliphatic hydroxyl groups is 1. The van der Waals surface area contributed by atoms with Gasteiger partial charge in [-0.25, -0.2) is 0 Å². The molecule has 0 aliphatic rings. The summed E-state index contributed by atoms with van der Waals surface area (Å²) in [5.41, 5.74) is 5.13. The Morgan fingerprint density at radius 1 is 1.20 bits per heavy atom. The molecule has 0 aromatic rings. The van der Waals surface area contributed by atoms with Crippen LogP contribution >= 0.6 is 0 Å². The van der Waals surface area contributed by atoms with E-state index < -0.39 is 41.8 Å². The molecular formula is C17H30N2O6. The van der Waals surface area contributed by atoms with Gasteiger partial charge in [0.05, 0.1) is 24.5 Å². The fourth-order valence-corrected chi connectivity index (χ4v) is 2.38. The molecule has 0 rings (SSSR count). The number of aliphatic hydroxyl groups excluding tert-OH is 1. The summed E-state index contributed by atoms with van der Waals surface area (Å²) >= 11 is 0. The third-order valence-corrected chi connectivity index (χ3v) is 4.31. The van der Waals surface area contributed by atoms with E-state index in [0.29, 0.717) is 12.8 Å². The van der Waals surface area contributed by atoms with Gasteiger partial charge in [-0.3, -0.25) is 19.2 Å². The van der Waals surface area contributed by atoms with Gasteiger partial charge in [-0.15, -0.1) is 0 Å². The van der Waals surface area contributed by atoms with E-state index in [2.05, 4.69) is 5.32 Å². The first-order valence-electron chi connectivity index (χ1n) is 8.46. The summed E-state index contributed by atoms with van der Waals surface area (Å²) in [6, 6.07) is -0.604. The van der Waals surface area contributed by atoms with Crippen LogP contribution in [0.5, 0.6) is 0 Å². The first kappa shape index (κ1) is 23.0. The van der Waals surface area contributed by atoms with Gasteiger partial charge in [0.2, 0.25) is 12.3 Å². The second kappa shape index (κ2) is 10.8. The van der Waals surface area contributed by atoms with E-state index in [4.69, 9.17) is 10.5 Å². The van der Waals surface area contributed by atoms with Crippen molar-refractivity contribution in [2.75, 3.05) is 0 Å². The van der Waals surface area contributed by atoms with Crippen molar-refractivity contribution in [2.45, 2.75) is 65.7 Å². The number of rotatable bonds is 12. The van der Waals surface area contributed by atoms with Gasteiger partial charge in [-0.05, 0) is 18.8 Å². The molecular weight excluding hydrogens is 328 g/mol. The number of nitrogens with one attached hydrogen (secondary N) is 1. The topological polar surface area (TPSA) is 136 Å². The van der Waals surface area contributed by atoms with Gasteiger partial charge in [0.1, 0.15) is 0 Å². The Labute approximate surface area is 148 Å². The molecule has 0 aromatic heterocycles. The molecule has 0 bridgehead atoms. The molecule has 2 amide bonds. The first-order valence-corrected chi connectivity index (χ1v) is 8.46. The van der Waals surface area contributed by atoms with Crippen molar-refractivity contribution in [3.05, 3.63) is 0 Å². The number of Topliss-reactive ketones (excluding diaryl/α,β-unsaturated/α-hetero) is 1.